The molecule has 0 saturated carbocycles. The highest BCUT2D eigenvalue weighted by atomic mass is 16.5. The van der Waals surface area contributed by atoms with Crippen LogP contribution < -0.4 is 0 Å². The third kappa shape index (κ3) is 5.29. The normalized spacial score (nSPS) is 14.4. The quantitative estimate of drug-likeness (QED) is 0.725. The molecule has 1 heterocycles. The highest BCUT2D eigenvalue weighted by molar-refractivity contribution is 5.08. The molecule has 1 aliphatic rings. The minimum atomic E-state index is 1.06. The van der Waals surface area contributed by atoms with Gasteiger partial charge >= 0.3 is 0 Å². The molecule has 1 rings (SSSR count). The van der Waals surface area contributed by atoms with Crippen molar-refractivity contribution >= 4 is 0 Å². The predicted octanol–water partition coefficient (Wildman–Crippen LogP) is 3.14. The average Bonchev–Trinajstić information content (AvgIpc) is 2.33. The van der Waals surface area contributed by atoms with Gasteiger partial charge in [-0.25, -0.2) is 0 Å². The van der Waals surface area contributed by atoms with Gasteiger partial charge in [0, 0.05) is 34.1 Å². The summed E-state index contributed by atoms with van der Waals surface area (Å²) in [5, 5.41) is 0. The molecule has 3 heteroatoms. The van der Waals surface area contributed by atoms with Crippen LogP contribution in [0.2, 0.25) is 0 Å². The summed E-state index contributed by atoms with van der Waals surface area (Å²) in [4.78, 5) is 4.35. The summed E-state index contributed by atoms with van der Waals surface area (Å²) < 4.78 is 5.33. The first-order valence-electron chi connectivity index (χ1n) is 6.32. The van der Waals surface area contributed by atoms with Crippen LogP contribution in [0.25, 0.3) is 0 Å². The van der Waals surface area contributed by atoms with Crippen LogP contribution in [0.15, 0.2) is 11.6 Å². The van der Waals surface area contributed by atoms with Crippen molar-refractivity contribution in [2.45, 2.75) is 40.5 Å². The topological polar surface area (TPSA) is 15.7 Å². The molecule has 0 radical (unpaired) electrons. The van der Waals surface area contributed by atoms with Crippen molar-refractivity contribution in [3.8, 4) is 0 Å². The second kappa shape index (κ2) is 10.7. The summed E-state index contributed by atoms with van der Waals surface area (Å²) in [7, 11) is 7.96. The van der Waals surface area contributed by atoms with Crippen molar-refractivity contribution in [1.29, 1.82) is 0 Å². The van der Waals surface area contributed by atoms with Gasteiger partial charge in [0.05, 0.1) is 7.11 Å². The van der Waals surface area contributed by atoms with Gasteiger partial charge in [0.25, 0.3) is 0 Å². The first-order chi connectivity index (χ1) is 7.66. The Bertz CT molecular complexity index is 188. The second-order valence-electron chi connectivity index (χ2n) is 3.37. The molecule has 0 atom stereocenters. The zero-order valence-corrected chi connectivity index (χ0v) is 12.4. The highest BCUT2D eigenvalue weighted by Gasteiger charge is 2.18. The Balaban J connectivity index is 0. The second-order valence-corrected chi connectivity index (χ2v) is 3.37. The lowest BCUT2D eigenvalue weighted by Crippen LogP contribution is -2.33. The van der Waals surface area contributed by atoms with Crippen LogP contribution in [0.4, 0.5) is 0 Å². The molecule has 98 valence electrons. The molecule has 0 unspecified atom stereocenters. The van der Waals surface area contributed by atoms with E-state index in [1.54, 1.807) is 7.11 Å². The molecule has 0 saturated heterocycles. The van der Waals surface area contributed by atoms with Gasteiger partial charge in [-0.2, -0.15) is 0 Å². The Morgan fingerprint density at radius 1 is 1.12 bits per heavy atom. The molecule has 1 aliphatic heterocycles. The van der Waals surface area contributed by atoms with Gasteiger partial charge in [-0.15, -0.1) is 0 Å². The molecule has 0 bridgehead atoms. The SMILES string of the molecule is CC.CC.COC1=C(N(C)C)N(C)CCC1. The van der Waals surface area contributed by atoms with E-state index in [0.29, 0.717) is 0 Å². The van der Waals surface area contributed by atoms with E-state index in [2.05, 4.69) is 30.9 Å². The highest BCUT2D eigenvalue weighted by Crippen LogP contribution is 2.22. The molecule has 3 nitrogen and oxygen atoms in total. The fraction of sp³-hybridized carbons (Fsp3) is 0.846. The van der Waals surface area contributed by atoms with Crippen molar-refractivity contribution in [2.24, 2.45) is 0 Å². The number of rotatable bonds is 2. The van der Waals surface area contributed by atoms with E-state index in [4.69, 9.17) is 4.74 Å². The van der Waals surface area contributed by atoms with Crippen molar-refractivity contribution in [2.75, 3.05) is 34.8 Å². The summed E-state index contributed by atoms with van der Waals surface area (Å²) in [6.45, 7) is 9.13. The molecule has 0 N–H and O–H groups in total. The number of methoxy groups -OCH3 is 1. The molecule has 0 aliphatic carbocycles. The zero-order valence-electron chi connectivity index (χ0n) is 12.4. The van der Waals surface area contributed by atoms with Gasteiger partial charge in [0.1, 0.15) is 11.6 Å². The van der Waals surface area contributed by atoms with E-state index >= 15 is 0 Å². The van der Waals surface area contributed by atoms with Crippen LogP contribution in [-0.2, 0) is 4.74 Å². The Labute approximate surface area is 102 Å². The lowest BCUT2D eigenvalue weighted by Gasteiger charge is -2.33. The summed E-state index contributed by atoms with van der Waals surface area (Å²) in [6.07, 6.45) is 2.26. The molecular formula is C13H30N2O. The van der Waals surface area contributed by atoms with Crippen LogP contribution in [0, 0.1) is 0 Å². The number of hydrogen-bond donors (Lipinski definition) is 0. The Morgan fingerprint density at radius 2 is 1.62 bits per heavy atom. The van der Waals surface area contributed by atoms with Gasteiger partial charge in [0.15, 0.2) is 0 Å². The van der Waals surface area contributed by atoms with Gasteiger partial charge in [-0.05, 0) is 6.42 Å². The molecule has 0 fully saturated rings. The summed E-state index contributed by atoms with van der Waals surface area (Å²) in [6, 6.07) is 0. The van der Waals surface area contributed by atoms with Gasteiger partial charge in [0.2, 0.25) is 0 Å². The molecule has 0 amide bonds. The minimum Gasteiger partial charge on any atom is -0.497 e. The van der Waals surface area contributed by atoms with Crippen molar-refractivity contribution in [1.82, 2.24) is 9.80 Å². The fourth-order valence-electron chi connectivity index (χ4n) is 1.69. The van der Waals surface area contributed by atoms with Crippen LogP contribution in [-0.4, -0.2) is 44.6 Å². The van der Waals surface area contributed by atoms with Crippen LogP contribution in [0.3, 0.4) is 0 Å². The maximum atomic E-state index is 5.33. The van der Waals surface area contributed by atoms with Crippen LogP contribution >= 0.6 is 0 Å². The van der Waals surface area contributed by atoms with Crippen molar-refractivity contribution in [3.05, 3.63) is 11.6 Å². The summed E-state index contributed by atoms with van der Waals surface area (Å²) in [5.74, 6) is 2.32. The third-order valence-electron chi connectivity index (χ3n) is 2.18. The zero-order chi connectivity index (χ0) is 13.1. The molecule has 0 aromatic rings. The smallest absolute Gasteiger partial charge is 0.142 e. The first-order valence-corrected chi connectivity index (χ1v) is 6.32. The average molecular weight is 230 g/mol. The molecular weight excluding hydrogens is 200 g/mol. The largest absolute Gasteiger partial charge is 0.497 e. The molecule has 0 aromatic heterocycles. The van der Waals surface area contributed by atoms with Crippen molar-refractivity contribution in [3.63, 3.8) is 0 Å². The monoisotopic (exact) mass is 230 g/mol. The van der Waals surface area contributed by atoms with E-state index in [0.717, 1.165) is 18.7 Å². The lowest BCUT2D eigenvalue weighted by atomic mass is 10.2. The van der Waals surface area contributed by atoms with Crippen LogP contribution in [0.5, 0.6) is 0 Å². The van der Waals surface area contributed by atoms with Crippen molar-refractivity contribution < 1.29 is 4.74 Å². The van der Waals surface area contributed by atoms with E-state index < -0.39 is 0 Å². The van der Waals surface area contributed by atoms with E-state index in [-0.39, 0.29) is 0 Å². The predicted molar refractivity (Wildman–Crippen MR) is 72.3 cm³/mol. The summed E-state index contributed by atoms with van der Waals surface area (Å²) >= 11 is 0. The maximum absolute atomic E-state index is 5.33. The molecule has 16 heavy (non-hydrogen) atoms. The molecule has 0 aromatic carbocycles. The Kier molecular flexibility index (Phi) is 11.7. The van der Waals surface area contributed by atoms with E-state index in [1.165, 1.54) is 12.2 Å². The number of nitrogens with zero attached hydrogens (tertiary/aromatic N) is 2. The minimum absolute atomic E-state index is 1.06. The fourth-order valence-corrected chi connectivity index (χ4v) is 1.69. The van der Waals surface area contributed by atoms with Gasteiger partial charge < -0.3 is 14.5 Å². The van der Waals surface area contributed by atoms with Gasteiger partial charge in [-0.3, -0.25) is 0 Å². The number of ether oxygens (including phenoxy) is 1. The maximum Gasteiger partial charge on any atom is 0.142 e. The molecule has 0 spiro atoms. The summed E-state index contributed by atoms with van der Waals surface area (Å²) in [5.41, 5.74) is 0. The standard InChI is InChI=1S/C9H18N2O.2C2H6/c1-10(2)9-8(12-4)6-5-7-11(9)3;2*1-2/h5-7H2,1-4H3;2*1-2H3. The Morgan fingerprint density at radius 3 is 1.94 bits per heavy atom. The van der Waals surface area contributed by atoms with Crippen LogP contribution in [0.1, 0.15) is 40.5 Å². The van der Waals surface area contributed by atoms with Gasteiger partial charge in [-0.1, -0.05) is 27.7 Å². The van der Waals surface area contributed by atoms with E-state index in [1.807, 2.05) is 27.7 Å². The third-order valence-corrected chi connectivity index (χ3v) is 2.18. The number of allylic oxidation sites excluding steroid dienone is 1. The lowest BCUT2D eigenvalue weighted by molar-refractivity contribution is 0.185. The van der Waals surface area contributed by atoms with E-state index in [9.17, 15) is 0 Å². The first kappa shape index (κ1) is 17.5. The number of hydrogen-bond acceptors (Lipinski definition) is 3. The Hall–Kier alpha value is -0.860.